The van der Waals surface area contributed by atoms with Gasteiger partial charge in [-0.3, -0.25) is 23.8 Å². The van der Waals surface area contributed by atoms with Crippen molar-refractivity contribution in [1.82, 2.24) is 20.6 Å². The number of carboxylic acids is 1. The molecule has 14 nitrogen and oxygen atoms in total. The Morgan fingerprint density at radius 3 is 2.46 bits per heavy atom. The Labute approximate surface area is 247 Å². The van der Waals surface area contributed by atoms with Crippen molar-refractivity contribution in [2.75, 3.05) is 37.5 Å². The summed E-state index contributed by atoms with van der Waals surface area (Å²) in [6.45, 7) is 3.72. The molecule has 0 saturated carbocycles. The fraction of sp³-hybridized carbons (Fsp3) is 0.667. The largest absolute Gasteiger partial charge is 1.00 e. The van der Waals surface area contributed by atoms with E-state index in [2.05, 4.69) is 15.5 Å². The van der Waals surface area contributed by atoms with Gasteiger partial charge >= 0.3 is 43.1 Å². The van der Waals surface area contributed by atoms with Crippen LogP contribution in [0.4, 0.5) is 0 Å². The van der Waals surface area contributed by atoms with E-state index in [1.165, 1.54) is 23.1 Å². The van der Waals surface area contributed by atoms with Gasteiger partial charge in [-0.15, -0.1) is 10.2 Å². The number of cyclic esters (lactones) is 1. The molecule has 0 aliphatic carbocycles. The van der Waals surface area contributed by atoms with Crippen LogP contribution in [0.5, 0.6) is 0 Å². The minimum Gasteiger partial charge on any atom is -0.544 e. The van der Waals surface area contributed by atoms with Gasteiger partial charge in [-0.05, 0) is 13.8 Å². The van der Waals surface area contributed by atoms with Crippen molar-refractivity contribution in [1.29, 1.82) is 0 Å². The van der Waals surface area contributed by atoms with E-state index in [1.807, 2.05) is 0 Å². The molecule has 0 spiro atoms. The molecule has 2 aliphatic rings. The van der Waals surface area contributed by atoms with E-state index in [0.29, 0.717) is 19.5 Å². The molecular weight excluding hydrogens is 582 g/mol. The van der Waals surface area contributed by atoms with E-state index in [0.717, 1.165) is 11.8 Å². The number of rotatable bonds is 14. The molecule has 2 saturated heterocycles. The first-order valence-electron chi connectivity index (χ1n) is 10.8. The number of carboxylic acid groups (broad SMARTS) is 1. The number of amides is 2. The van der Waals surface area contributed by atoms with Crippen molar-refractivity contribution in [3.8, 4) is 0 Å². The maximum Gasteiger partial charge on any atom is 1.00 e. The third kappa shape index (κ3) is 8.37. The number of esters is 1. The van der Waals surface area contributed by atoms with E-state index in [4.69, 9.17) is 18.6 Å². The quantitative estimate of drug-likeness (QED) is 0.0979. The number of thioether (sulfide) groups is 2. The predicted molar refractivity (Wildman–Crippen MR) is 125 cm³/mol. The molecule has 0 bridgehead atoms. The number of hydroxylamine groups is 2. The maximum absolute atomic E-state index is 12.6. The van der Waals surface area contributed by atoms with Crippen LogP contribution in [0.15, 0.2) is 8.68 Å². The van der Waals surface area contributed by atoms with E-state index >= 15 is 0 Å². The fourth-order valence-corrected chi connectivity index (χ4v) is 8.16. The molecule has 1 aromatic heterocycles. The van der Waals surface area contributed by atoms with Gasteiger partial charge in [0, 0.05) is 12.2 Å². The van der Waals surface area contributed by atoms with Gasteiger partial charge in [-0.25, -0.2) is 0 Å². The molecule has 200 valence electrons. The van der Waals surface area contributed by atoms with Crippen LogP contribution in [0.3, 0.4) is 0 Å². The van der Waals surface area contributed by atoms with Gasteiger partial charge < -0.3 is 29.0 Å². The molecule has 1 unspecified atom stereocenters. The number of nitrogens with zero attached hydrogens (tertiary/aromatic N) is 3. The Kier molecular flexibility index (Phi) is 12.8. The standard InChI is InChI=1S/C18H25N4O10PS3.Na/c1-3-30-33(28,31-4-2)7-8-34-16-20-21-17(36-16)35-10-12(23)19-11-9-29-22(14(11)25)18(15(26)27)6-5-13(24)32-18;/h11H,3-10H2,1-2H3,(H,19,23)(H,26,27);/q;+1/p-1/t11-,18?;/m0./s1. The average molecular weight is 607 g/mol. The third-order valence-corrected chi connectivity index (χ3v) is 10.3. The van der Waals surface area contributed by atoms with Gasteiger partial charge in [0.05, 0.1) is 31.5 Å². The second-order valence-corrected chi connectivity index (χ2v) is 13.0. The van der Waals surface area contributed by atoms with E-state index in [-0.39, 0.29) is 74.1 Å². The molecule has 2 atom stereocenters. The molecule has 19 heteroatoms. The summed E-state index contributed by atoms with van der Waals surface area (Å²) in [6, 6.07) is -1.15. The van der Waals surface area contributed by atoms with Crippen LogP contribution in [-0.2, 0) is 42.4 Å². The molecule has 0 radical (unpaired) electrons. The summed E-state index contributed by atoms with van der Waals surface area (Å²) in [6.07, 6.45) is -0.311. The minimum atomic E-state index is -3.14. The zero-order chi connectivity index (χ0) is 26.3. The topological polar surface area (TPSA) is 186 Å². The van der Waals surface area contributed by atoms with Crippen molar-refractivity contribution in [2.45, 2.75) is 47.1 Å². The Balaban J connectivity index is 0.00000481. The second kappa shape index (κ2) is 14.6. The number of hydrogen-bond acceptors (Lipinski definition) is 15. The van der Waals surface area contributed by atoms with Crippen LogP contribution in [0.2, 0.25) is 0 Å². The predicted octanol–water partition coefficient (Wildman–Crippen LogP) is -2.97. The van der Waals surface area contributed by atoms with Crippen LogP contribution in [0.25, 0.3) is 0 Å². The van der Waals surface area contributed by atoms with Gasteiger partial charge in [0.15, 0.2) is 8.68 Å². The van der Waals surface area contributed by atoms with Gasteiger partial charge in [0.2, 0.25) is 5.91 Å². The Morgan fingerprint density at radius 2 is 1.89 bits per heavy atom. The maximum atomic E-state index is 12.6. The number of aromatic nitrogens is 2. The molecule has 1 aromatic rings. The number of carbonyl (C=O) groups is 4. The third-order valence-electron chi connectivity index (χ3n) is 4.76. The van der Waals surface area contributed by atoms with Gasteiger partial charge in [-0.1, -0.05) is 34.9 Å². The summed E-state index contributed by atoms with van der Waals surface area (Å²) in [7, 11) is -3.14. The first-order valence-corrected chi connectivity index (χ1v) is 15.3. The van der Waals surface area contributed by atoms with Crippen molar-refractivity contribution in [2.24, 2.45) is 0 Å². The SMILES string of the molecule is CCOP(=O)(CCSc1nnc(SCC(=O)N[C@H]2CON(C3(C(=O)[O-])CCC(=O)O3)C2=O)s1)OCC.[Na+]. The van der Waals surface area contributed by atoms with Crippen LogP contribution in [0, 0.1) is 0 Å². The van der Waals surface area contributed by atoms with Crippen LogP contribution in [-0.4, -0.2) is 88.3 Å². The summed E-state index contributed by atoms with van der Waals surface area (Å²) in [5.74, 6) is -3.61. The normalized spacial score (nSPS) is 21.6. The summed E-state index contributed by atoms with van der Waals surface area (Å²) in [4.78, 5) is 53.1. The molecular formula is C18H24N4NaO10PS3. The molecule has 2 amide bonds. The van der Waals surface area contributed by atoms with Crippen LogP contribution >= 0.6 is 42.5 Å². The van der Waals surface area contributed by atoms with E-state index in [1.54, 1.807) is 13.8 Å². The molecule has 37 heavy (non-hydrogen) atoms. The van der Waals surface area contributed by atoms with E-state index < -0.39 is 43.1 Å². The minimum absolute atomic E-state index is 0. The van der Waals surface area contributed by atoms with Crippen molar-refractivity contribution >= 4 is 66.2 Å². The molecule has 1 N–H and O–H groups in total. The molecule has 0 aromatic carbocycles. The van der Waals surface area contributed by atoms with Gasteiger partial charge in [-0.2, -0.15) is 5.06 Å². The monoisotopic (exact) mass is 606 g/mol. The summed E-state index contributed by atoms with van der Waals surface area (Å²) < 4.78 is 28.9. The number of carbonyl (C=O) groups excluding carboxylic acids is 4. The average Bonchev–Trinajstić information content (AvgIpc) is 3.53. The summed E-state index contributed by atoms with van der Waals surface area (Å²) >= 11 is 3.68. The number of aliphatic carboxylic acids is 1. The first kappa shape index (κ1) is 32.5. The van der Waals surface area contributed by atoms with Gasteiger partial charge in [0.25, 0.3) is 11.6 Å². The van der Waals surface area contributed by atoms with Crippen LogP contribution in [0.1, 0.15) is 26.7 Å². The van der Waals surface area contributed by atoms with E-state index in [9.17, 15) is 28.8 Å². The van der Waals surface area contributed by atoms with Crippen molar-refractivity contribution in [3.05, 3.63) is 0 Å². The number of hydrogen-bond donors (Lipinski definition) is 1. The second-order valence-electron chi connectivity index (χ2n) is 7.24. The first-order chi connectivity index (χ1) is 17.1. The summed E-state index contributed by atoms with van der Waals surface area (Å²) in [5.41, 5.74) is -2.35. The zero-order valence-electron chi connectivity index (χ0n) is 20.3. The number of nitrogens with one attached hydrogen (secondary N) is 1. The Hall–Kier alpha value is -0.750. The Morgan fingerprint density at radius 1 is 1.24 bits per heavy atom. The van der Waals surface area contributed by atoms with Crippen molar-refractivity contribution in [3.63, 3.8) is 0 Å². The Bertz CT molecular complexity index is 1040. The molecule has 2 fully saturated rings. The fourth-order valence-electron chi connectivity index (χ4n) is 3.22. The molecule has 3 rings (SSSR count). The molecule has 3 heterocycles. The van der Waals surface area contributed by atoms with Crippen LogP contribution < -0.4 is 40.0 Å². The van der Waals surface area contributed by atoms with Crippen molar-refractivity contribution < 1.29 is 77.0 Å². The molecule has 2 aliphatic heterocycles. The zero-order valence-corrected chi connectivity index (χ0v) is 25.7. The smallest absolute Gasteiger partial charge is 0.544 e. The summed E-state index contributed by atoms with van der Waals surface area (Å²) in [5, 5.41) is 22.5. The van der Waals surface area contributed by atoms with Gasteiger partial charge in [0.1, 0.15) is 18.6 Å². The number of ether oxygens (including phenoxy) is 1.